The predicted octanol–water partition coefficient (Wildman–Crippen LogP) is 15.3. The van der Waals surface area contributed by atoms with Crippen LogP contribution in [0.5, 0.6) is 0 Å². The summed E-state index contributed by atoms with van der Waals surface area (Å²) in [6.07, 6.45) is 0. The minimum Gasteiger partial charge on any atom is -0.456 e. The lowest BCUT2D eigenvalue weighted by Crippen LogP contribution is -2.10. The van der Waals surface area contributed by atoms with Gasteiger partial charge in [-0.05, 0) is 110 Å². The van der Waals surface area contributed by atoms with E-state index in [1.165, 1.54) is 70.4 Å². The fourth-order valence-electron chi connectivity index (χ4n) is 9.75. The number of para-hydroxylation sites is 3. The third-order valence-corrected chi connectivity index (χ3v) is 12.3. The highest BCUT2D eigenvalue weighted by Gasteiger charge is 2.21. The first-order valence-corrected chi connectivity index (χ1v) is 19.6. The number of benzene rings is 10. The van der Waals surface area contributed by atoms with Crippen LogP contribution in [0, 0.1) is 0 Å². The van der Waals surface area contributed by atoms with Gasteiger partial charge in [0.05, 0.1) is 16.6 Å². The number of aromatic nitrogens is 1. The summed E-state index contributed by atoms with van der Waals surface area (Å²) in [5.41, 5.74) is 11.2. The predicted molar refractivity (Wildman–Crippen MR) is 241 cm³/mol. The number of hydrogen-bond acceptors (Lipinski definition) is 2. The summed E-state index contributed by atoms with van der Waals surface area (Å²) >= 11 is 0. The molecule has 0 aliphatic rings. The molecule has 0 N–H and O–H groups in total. The highest BCUT2D eigenvalue weighted by atomic mass is 16.3. The van der Waals surface area contributed by atoms with E-state index in [1.807, 2.05) is 12.1 Å². The van der Waals surface area contributed by atoms with E-state index in [4.69, 9.17) is 4.42 Å². The Hall–Kier alpha value is -7.62. The van der Waals surface area contributed by atoms with Gasteiger partial charge in [-0.3, -0.25) is 0 Å². The molecule has 0 spiro atoms. The summed E-state index contributed by atoms with van der Waals surface area (Å²) in [4.78, 5) is 2.42. The summed E-state index contributed by atoms with van der Waals surface area (Å²) in [7, 11) is 0. The van der Waals surface area contributed by atoms with Crippen molar-refractivity contribution in [1.29, 1.82) is 0 Å². The van der Waals surface area contributed by atoms with E-state index >= 15 is 0 Å². The van der Waals surface area contributed by atoms with Crippen molar-refractivity contribution in [1.82, 2.24) is 4.40 Å². The largest absolute Gasteiger partial charge is 0.456 e. The Morgan fingerprint density at radius 1 is 0.298 bits per heavy atom. The van der Waals surface area contributed by atoms with E-state index in [-0.39, 0.29) is 0 Å². The van der Waals surface area contributed by atoms with Crippen molar-refractivity contribution in [2.24, 2.45) is 0 Å². The highest BCUT2D eigenvalue weighted by Crippen LogP contribution is 2.45. The van der Waals surface area contributed by atoms with Crippen LogP contribution in [0.4, 0.5) is 17.1 Å². The number of hydrogen-bond donors (Lipinski definition) is 0. The molecule has 0 atom stereocenters. The molecule has 3 heterocycles. The Labute approximate surface area is 327 Å². The zero-order chi connectivity index (χ0) is 37.2. The van der Waals surface area contributed by atoms with Gasteiger partial charge in [-0.25, -0.2) is 0 Å². The molecule has 0 aliphatic heterocycles. The maximum Gasteiger partial charge on any atom is 0.135 e. The molecule has 10 aromatic carbocycles. The van der Waals surface area contributed by atoms with Gasteiger partial charge in [-0.2, -0.15) is 0 Å². The lowest BCUT2D eigenvalue weighted by Gasteiger charge is -2.26. The minimum atomic E-state index is 0.909. The second-order valence-electron chi connectivity index (χ2n) is 15.3. The van der Waals surface area contributed by atoms with Gasteiger partial charge < -0.3 is 13.7 Å². The molecule has 0 aliphatic carbocycles. The number of rotatable bonds is 4. The second kappa shape index (κ2) is 11.5. The van der Waals surface area contributed by atoms with E-state index < -0.39 is 0 Å². The second-order valence-corrected chi connectivity index (χ2v) is 15.3. The summed E-state index contributed by atoms with van der Waals surface area (Å²) in [5.74, 6) is 0. The molecule has 0 saturated carbocycles. The van der Waals surface area contributed by atoms with Crippen molar-refractivity contribution >= 4 is 109 Å². The van der Waals surface area contributed by atoms with Crippen LogP contribution < -0.4 is 4.90 Å². The molecule has 13 rings (SSSR count). The van der Waals surface area contributed by atoms with Crippen LogP contribution in [0.25, 0.3) is 103 Å². The number of fused-ring (bicyclic) bond motifs is 15. The van der Waals surface area contributed by atoms with Gasteiger partial charge in [-0.1, -0.05) is 127 Å². The van der Waals surface area contributed by atoms with Crippen molar-refractivity contribution in [3.05, 3.63) is 194 Å². The Kier molecular flexibility index (Phi) is 6.16. The number of anilines is 3. The maximum atomic E-state index is 6.15. The van der Waals surface area contributed by atoms with Gasteiger partial charge in [0, 0.05) is 49.4 Å². The lowest BCUT2D eigenvalue weighted by atomic mass is 9.94. The first-order valence-electron chi connectivity index (χ1n) is 19.6. The number of nitrogens with zero attached hydrogens (tertiary/aromatic N) is 2. The average Bonchev–Trinajstić information content (AvgIpc) is 3.94. The molecule has 0 unspecified atom stereocenters. The third-order valence-electron chi connectivity index (χ3n) is 12.3. The van der Waals surface area contributed by atoms with Gasteiger partial charge in [0.1, 0.15) is 11.2 Å². The first kappa shape index (κ1) is 30.7. The van der Waals surface area contributed by atoms with Crippen molar-refractivity contribution in [2.45, 2.75) is 0 Å². The first-order chi connectivity index (χ1) is 28.3. The van der Waals surface area contributed by atoms with Crippen molar-refractivity contribution in [3.63, 3.8) is 0 Å². The van der Waals surface area contributed by atoms with Crippen molar-refractivity contribution < 1.29 is 4.42 Å². The van der Waals surface area contributed by atoms with Crippen LogP contribution >= 0.6 is 0 Å². The van der Waals surface area contributed by atoms with Crippen LogP contribution in [0.2, 0.25) is 0 Å². The topological polar surface area (TPSA) is 20.8 Å². The molecule has 3 nitrogen and oxygen atoms in total. The van der Waals surface area contributed by atoms with Crippen LogP contribution in [0.3, 0.4) is 0 Å². The molecular weight excluding hydrogens is 693 g/mol. The molecule has 57 heavy (non-hydrogen) atoms. The van der Waals surface area contributed by atoms with Gasteiger partial charge in [0.2, 0.25) is 0 Å². The van der Waals surface area contributed by atoms with E-state index in [0.29, 0.717) is 0 Å². The molecule has 0 radical (unpaired) electrons. The number of furan rings is 1. The van der Waals surface area contributed by atoms with Gasteiger partial charge >= 0.3 is 0 Å². The monoisotopic (exact) mass is 724 g/mol. The molecule has 0 fully saturated rings. The average molecular weight is 725 g/mol. The minimum absolute atomic E-state index is 0.909. The van der Waals surface area contributed by atoms with Crippen LogP contribution in [-0.2, 0) is 0 Å². The molecular formula is C54H32N2O. The molecule has 0 saturated heterocycles. The Bertz CT molecular complexity index is 3720. The van der Waals surface area contributed by atoms with E-state index in [1.54, 1.807) is 0 Å². The van der Waals surface area contributed by atoms with E-state index in [9.17, 15) is 0 Å². The molecule has 13 aromatic rings. The highest BCUT2D eigenvalue weighted by molar-refractivity contribution is 6.26. The smallest absolute Gasteiger partial charge is 0.135 e. The zero-order valence-corrected chi connectivity index (χ0v) is 30.8. The summed E-state index contributed by atoms with van der Waals surface area (Å²) in [6.45, 7) is 0. The standard InChI is InChI=1S/C54H32N2O/c1-2-12-40-38(10-1)39-11-3-4-13-41(39)47-31-36(25-27-42(40)47)55(35-23-20-33(21-24-35)34-22-29-53-49(30-34)44-15-6-8-19-52(44)57-53)37-26-28-51-48(32-37)46-17-9-16-45-43-14-5-7-18-50(43)56(51)54(45)46/h1-32H. The Morgan fingerprint density at radius 2 is 0.807 bits per heavy atom. The van der Waals surface area contributed by atoms with E-state index in [0.717, 1.165) is 50.1 Å². The normalized spacial score (nSPS) is 12.2. The third kappa shape index (κ3) is 4.31. The zero-order valence-electron chi connectivity index (χ0n) is 30.8. The van der Waals surface area contributed by atoms with Gasteiger partial charge in [0.25, 0.3) is 0 Å². The molecule has 264 valence electrons. The van der Waals surface area contributed by atoms with Crippen LogP contribution in [-0.4, -0.2) is 4.40 Å². The summed E-state index contributed by atoms with van der Waals surface area (Å²) in [5, 5.41) is 15.0. The summed E-state index contributed by atoms with van der Waals surface area (Å²) < 4.78 is 8.60. The fourth-order valence-corrected chi connectivity index (χ4v) is 9.75. The lowest BCUT2D eigenvalue weighted by molar-refractivity contribution is 0.669. The fraction of sp³-hybridized carbons (Fsp3) is 0. The molecule has 0 bridgehead atoms. The molecule has 3 aromatic heterocycles. The van der Waals surface area contributed by atoms with Crippen LogP contribution in [0.1, 0.15) is 0 Å². The van der Waals surface area contributed by atoms with Gasteiger partial charge in [0.15, 0.2) is 0 Å². The van der Waals surface area contributed by atoms with Crippen molar-refractivity contribution in [2.75, 3.05) is 4.90 Å². The molecule has 3 heteroatoms. The molecule has 0 amide bonds. The van der Waals surface area contributed by atoms with Crippen molar-refractivity contribution in [3.8, 4) is 11.1 Å². The van der Waals surface area contributed by atoms with E-state index in [2.05, 4.69) is 191 Å². The maximum absolute atomic E-state index is 6.15. The van der Waals surface area contributed by atoms with Crippen LogP contribution in [0.15, 0.2) is 199 Å². The Morgan fingerprint density at radius 3 is 1.56 bits per heavy atom. The van der Waals surface area contributed by atoms with Gasteiger partial charge in [-0.15, -0.1) is 0 Å². The SMILES string of the molecule is c1ccc2c(c1)oc1ccc(-c3ccc(N(c4ccc5c6ccccc6c6ccccc6c5c4)c4ccc5c(c4)c4cccc6c7ccccc7n5c64)cc3)cc12. The summed E-state index contributed by atoms with van der Waals surface area (Å²) in [6, 6.07) is 70.9. The Balaban J connectivity index is 1.03. The quantitative estimate of drug-likeness (QED) is 0.169.